The van der Waals surface area contributed by atoms with Crippen molar-refractivity contribution in [3.8, 4) is 0 Å². The van der Waals surface area contributed by atoms with Crippen LogP contribution in [0.2, 0.25) is 0 Å². The molecule has 0 aromatic heterocycles. The summed E-state index contributed by atoms with van der Waals surface area (Å²) >= 11 is 0. The van der Waals surface area contributed by atoms with Crippen molar-refractivity contribution in [1.82, 2.24) is 20.4 Å². The van der Waals surface area contributed by atoms with Gasteiger partial charge in [-0.05, 0) is 0 Å². The van der Waals surface area contributed by atoms with Gasteiger partial charge >= 0.3 is 12.1 Å². The average Bonchev–Trinajstić information content (AvgIpc) is 3.13. The fourth-order valence-electron chi connectivity index (χ4n) is 4.42. The SMILES string of the molecule is C=CCN1C(=O)N(CC=C)C2(c3ccccc3)NC(=O)NC12c1ccccc1. The summed E-state index contributed by atoms with van der Waals surface area (Å²) in [6.45, 7) is 8.19. The van der Waals surface area contributed by atoms with E-state index in [0.717, 1.165) is 11.1 Å². The summed E-state index contributed by atoms with van der Waals surface area (Å²) < 4.78 is 0. The molecule has 2 aliphatic heterocycles. The van der Waals surface area contributed by atoms with Crippen molar-refractivity contribution >= 4 is 12.1 Å². The fraction of sp³-hybridized carbons (Fsp3) is 0.182. The number of amides is 4. The van der Waals surface area contributed by atoms with Crippen LogP contribution < -0.4 is 10.6 Å². The number of fused-ring (bicyclic) bond motifs is 1. The molecule has 4 rings (SSSR count). The van der Waals surface area contributed by atoms with E-state index in [1.165, 1.54) is 0 Å². The third-order valence-corrected chi connectivity index (χ3v) is 5.39. The summed E-state index contributed by atoms with van der Waals surface area (Å²) in [5, 5.41) is 6.14. The first kappa shape index (κ1) is 17.9. The minimum atomic E-state index is -1.14. The second-order valence-electron chi connectivity index (χ2n) is 6.81. The first-order chi connectivity index (χ1) is 13.6. The molecule has 2 saturated heterocycles. The number of carbonyl (C=O) groups is 2. The lowest BCUT2D eigenvalue weighted by atomic mass is 9.81. The Morgan fingerprint density at radius 2 is 1.14 bits per heavy atom. The van der Waals surface area contributed by atoms with E-state index in [-0.39, 0.29) is 25.2 Å². The third kappa shape index (κ3) is 2.14. The Kier molecular flexibility index (Phi) is 4.19. The predicted octanol–water partition coefficient (Wildman–Crippen LogP) is 3.11. The van der Waals surface area contributed by atoms with E-state index < -0.39 is 11.3 Å². The van der Waals surface area contributed by atoms with Crippen LogP contribution >= 0.6 is 0 Å². The highest BCUT2D eigenvalue weighted by Gasteiger charge is 2.73. The normalized spacial score (nSPS) is 25.9. The van der Waals surface area contributed by atoms with Crippen molar-refractivity contribution in [1.29, 1.82) is 0 Å². The molecule has 2 unspecified atom stereocenters. The molecule has 2 heterocycles. The topological polar surface area (TPSA) is 64.7 Å². The van der Waals surface area contributed by atoms with Crippen LogP contribution in [0.3, 0.4) is 0 Å². The zero-order chi connectivity index (χ0) is 19.8. The van der Waals surface area contributed by atoms with Crippen LogP contribution in [0.15, 0.2) is 86.0 Å². The number of nitrogens with one attached hydrogen (secondary N) is 2. The summed E-state index contributed by atoms with van der Waals surface area (Å²) in [5.41, 5.74) is -0.667. The number of rotatable bonds is 6. The molecule has 0 aliphatic carbocycles. The molecule has 2 atom stereocenters. The lowest BCUT2D eigenvalue weighted by Crippen LogP contribution is -2.62. The molecular formula is C22H22N4O2. The highest BCUT2D eigenvalue weighted by molar-refractivity contribution is 5.89. The molecule has 2 N–H and O–H groups in total. The molecule has 4 amide bonds. The van der Waals surface area contributed by atoms with Gasteiger partial charge in [0.15, 0.2) is 11.3 Å². The van der Waals surface area contributed by atoms with Crippen molar-refractivity contribution in [2.75, 3.05) is 13.1 Å². The standard InChI is InChI=1S/C22H22N4O2/c1-3-15-25-20(28)26(16-4-2)22(18-13-9-6-10-14-18)21(25,23-19(27)24-22)17-11-7-5-8-12-17/h3-14H,1-2,15-16H2,(H2,23,24,27). The van der Waals surface area contributed by atoms with Crippen LogP contribution in [0.25, 0.3) is 0 Å². The lowest BCUT2D eigenvalue weighted by molar-refractivity contribution is 0.0493. The monoisotopic (exact) mass is 374 g/mol. The van der Waals surface area contributed by atoms with E-state index in [0.29, 0.717) is 0 Å². The molecule has 142 valence electrons. The van der Waals surface area contributed by atoms with Crippen LogP contribution in [0.1, 0.15) is 11.1 Å². The lowest BCUT2D eigenvalue weighted by Gasteiger charge is -2.44. The largest absolute Gasteiger partial charge is 0.325 e. The average molecular weight is 374 g/mol. The molecule has 0 saturated carbocycles. The predicted molar refractivity (Wildman–Crippen MR) is 107 cm³/mol. The molecule has 0 radical (unpaired) electrons. The summed E-state index contributed by atoms with van der Waals surface area (Å²) in [7, 11) is 0. The number of urea groups is 2. The maximum Gasteiger partial charge on any atom is 0.325 e. The fourth-order valence-corrected chi connectivity index (χ4v) is 4.42. The molecule has 6 nitrogen and oxygen atoms in total. The van der Waals surface area contributed by atoms with E-state index in [1.807, 2.05) is 60.7 Å². The Hall–Kier alpha value is -3.54. The van der Waals surface area contributed by atoms with Gasteiger partial charge in [-0.2, -0.15) is 0 Å². The number of benzene rings is 2. The van der Waals surface area contributed by atoms with Gasteiger partial charge in [0.25, 0.3) is 0 Å². The Morgan fingerprint density at radius 3 is 1.50 bits per heavy atom. The van der Waals surface area contributed by atoms with E-state index in [9.17, 15) is 9.59 Å². The van der Waals surface area contributed by atoms with Gasteiger partial charge in [-0.25, -0.2) is 9.59 Å². The molecule has 0 spiro atoms. The first-order valence-electron chi connectivity index (χ1n) is 9.14. The molecule has 2 aliphatic rings. The van der Waals surface area contributed by atoms with Crippen molar-refractivity contribution in [3.63, 3.8) is 0 Å². The Morgan fingerprint density at radius 1 is 0.750 bits per heavy atom. The molecule has 2 aromatic rings. The van der Waals surface area contributed by atoms with Gasteiger partial charge < -0.3 is 10.6 Å². The highest BCUT2D eigenvalue weighted by Crippen LogP contribution is 2.53. The van der Waals surface area contributed by atoms with Crippen LogP contribution in [0.5, 0.6) is 0 Å². The second kappa shape index (κ2) is 6.56. The molecule has 6 heteroatoms. The minimum Gasteiger partial charge on any atom is -0.307 e. The van der Waals surface area contributed by atoms with Gasteiger partial charge in [-0.3, -0.25) is 9.80 Å². The highest BCUT2D eigenvalue weighted by atomic mass is 16.2. The summed E-state index contributed by atoms with van der Waals surface area (Å²) in [4.78, 5) is 29.6. The molecule has 28 heavy (non-hydrogen) atoms. The van der Waals surface area contributed by atoms with E-state index in [1.54, 1.807) is 22.0 Å². The second-order valence-corrected chi connectivity index (χ2v) is 6.81. The Balaban J connectivity index is 2.09. The summed E-state index contributed by atoms with van der Waals surface area (Å²) in [6.07, 6.45) is 3.33. The minimum absolute atomic E-state index is 0.208. The molecule has 2 aromatic carbocycles. The van der Waals surface area contributed by atoms with Crippen molar-refractivity contribution in [2.24, 2.45) is 0 Å². The van der Waals surface area contributed by atoms with Crippen LogP contribution in [0.4, 0.5) is 9.59 Å². The van der Waals surface area contributed by atoms with Crippen LogP contribution in [-0.4, -0.2) is 35.0 Å². The number of hydrogen-bond acceptors (Lipinski definition) is 2. The van der Waals surface area contributed by atoms with Gasteiger partial charge in [-0.1, -0.05) is 72.8 Å². The van der Waals surface area contributed by atoms with Crippen LogP contribution in [0, 0.1) is 0 Å². The Bertz CT molecular complexity index is 857. The molecule has 2 fully saturated rings. The zero-order valence-electron chi connectivity index (χ0n) is 15.5. The summed E-state index contributed by atoms with van der Waals surface area (Å²) in [5.74, 6) is 0. The van der Waals surface area contributed by atoms with E-state index >= 15 is 0 Å². The maximum atomic E-state index is 13.5. The van der Waals surface area contributed by atoms with E-state index in [2.05, 4.69) is 23.8 Å². The molecule has 0 bridgehead atoms. The van der Waals surface area contributed by atoms with Crippen molar-refractivity contribution < 1.29 is 9.59 Å². The number of carbonyl (C=O) groups excluding carboxylic acids is 2. The van der Waals surface area contributed by atoms with Gasteiger partial charge in [0.05, 0.1) is 0 Å². The number of nitrogens with zero attached hydrogens (tertiary/aromatic N) is 2. The smallest absolute Gasteiger partial charge is 0.307 e. The number of hydrogen-bond donors (Lipinski definition) is 2. The maximum absolute atomic E-state index is 13.5. The quantitative estimate of drug-likeness (QED) is 0.763. The van der Waals surface area contributed by atoms with Gasteiger partial charge in [0, 0.05) is 24.2 Å². The van der Waals surface area contributed by atoms with Crippen molar-refractivity contribution in [3.05, 3.63) is 97.1 Å². The van der Waals surface area contributed by atoms with Gasteiger partial charge in [-0.15, -0.1) is 13.2 Å². The van der Waals surface area contributed by atoms with Crippen molar-refractivity contribution in [2.45, 2.75) is 11.3 Å². The summed E-state index contributed by atoms with van der Waals surface area (Å²) in [6, 6.07) is 18.6. The van der Waals surface area contributed by atoms with Gasteiger partial charge in [0.2, 0.25) is 0 Å². The molecular weight excluding hydrogens is 352 g/mol. The third-order valence-electron chi connectivity index (χ3n) is 5.39. The van der Waals surface area contributed by atoms with Gasteiger partial charge in [0.1, 0.15) is 0 Å². The zero-order valence-corrected chi connectivity index (χ0v) is 15.5. The van der Waals surface area contributed by atoms with Crippen LogP contribution in [-0.2, 0) is 11.3 Å². The Labute approximate surface area is 164 Å². The first-order valence-corrected chi connectivity index (χ1v) is 9.14. The van der Waals surface area contributed by atoms with E-state index in [4.69, 9.17) is 0 Å².